The molecular weight excluding hydrogens is 822 g/mol. The average Bonchev–Trinajstić information content (AvgIpc) is 3.38. The van der Waals surface area contributed by atoms with Crippen molar-refractivity contribution in [2.24, 2.45) is 0 Å². The van der Waals surface area contributed by atoms with Gasteiger partial charge in [-0.05, 0) is 98.3 Å². The highest BCUT2D eigenvalue weighted by Crippen LogP contribution is 2.47. The van der Waals surface area contributed by atoms with Crippen molar-refractivity contribution in [1.82, 2.24) is 15.0 Å². The molecule has 1 heterocycles. The lowest BCUT2D eigenvalue weighted by Crippen LogP contribution is -2.30. The number of fused-ring (bicyclic) bond motifs is 2. The second-order valence-electron chi connectivity index (χ2n) is 18.2. The van der Waals surface area contributed by atoms with Gasteiger partial charge in [0.05, 0.1) is 0 Å². The summed E-state index contributed by atoms with van der Waals surface area (Å²) in [5, 5.41) is 5.42. The van der Waals surface area contributed by atoms with Gasteiger partial charge in [-0.3, -0.25) is 0 Å². The smallest absolute Gasteiger partial charge is 0.165 e. The molecule has 0 atom stereocenters. The summed E-state index contributed by atoms with van der Waals surface area (Å²) in [5.74, 6) is 1.92. The Kier molecular flexibility index (Phi) is 10.8. The summed E-state index contributed by atoms with van der Waals surface area (Å²) in [6.07, 6.45) is 5.80. The first-order chi connectivity index (χ1) is 32.3. The number of hydrogen-bond acceptors (Lipinski definition) is 4. The maximum atomic E-state index is 12.9. The summed E-state index contributed by atoms with van der Waals surface area (Å²) in [5.41, 5.74) is 12.4. The molecule has 1 saturated carbocycles. The molecule has 9 aromatic carbocycles. The van der Waals surface area contributed by atoms with Crippen LogP contribution in [0.1, 0.15) is 43.2 Å². The molecule has 0 unspecified atom stereocenters. The molecule has 0 spiro atoms. The van der Waals surface area contributed by atoms with E-state index in [-0.39, 0.29) is 5.41 Å². The SMILES string of the molecule is CP(C)(=O)c1cccc(-c2ccc(C3(c4ccc(-c5nc(-c6ccc(-c7ccccc7)cc6)nc(-c6c7ccccc7c(-c7ccccc7)c7ccccc67)n5)cc4)CCCCC3)cc2)c1. The average molecular weight is 872 g/mol. The summed E-state index contributed by atoms with van der Waals surface area (Å²) in [6.45, 7) is 3.68. The molecule has 66 heavy (non-hydrogen) atoms. The maximum Gasteiger partial charge on any atom is 0.165 e. The summed E-state index contributed by atoms with van der Waals surface area (Å²) >= 11 is 0. The molecule has 0 N–H and O–H groups in total. The third-order valence-corrected chi connectivity index (χ3v) is 15.3. The molecule has 1 aliphatic carbocycles. The first-order valence-electron chi connectivity index (χ1n) is 23.1. The Hall–Kier alpha value is -7.26. The highest BCUT2D eigenvalue weighted by molar-refractivity contribution is 7.70. The van der Waals surface area contributed by atoms with E-state index in [0.29, 0.717) is 17.5 Å². The monoisotopic (exact) mass is 871 g/mol. The van der Waals surface area contributed by atoms with E-state index in [1.54, 1.807) is 0 Å². The quantitative estimate of drug-likeness (QED) is 0.107. The lowest BCUT2D eigenvalue weighted by molar-refractivity contribution is 0.346. The summed E-state index contributed by atoms with van der Waals surface area (Å²) in [7, 11) is -2.37. The van der Waals surface area contributed by atoms with Crippen molar-refractivity contribution >= 4 is 34.0 Å². The zero-order valence-corrected chi connectivity index (χ0v) is 38.3. The fourth-order valence-electron chi connectivity index (χ4n) is 10.3. The highest BCUT2D eigenvalue weighted by atomic mass is 31.2. The van der Waals surface area contributed by atoms with Crippen LogP contribution in [0.3, 0.4) is 0 Å². The fourth-order valence-corrected chi connectivity index (χ4v) is 11.2. The summed E-state index contributed by atoms with van der Waals surface area (Å²) < 4.78 is 12.9. The van der Waals surface area contributed by atoms with Crippen molar-refractivity contribution in [3.63, 3.8) is 0 Å². The molecular formula is C61H50N3OP. The van der Waals surface area contributed by atoms with Gasteiger partial charge in [0.2, 0.25) is 0 Å². The Balaban J connectivity index is 1.04. The molecule has 0 radical (unpaired) electrons. The van der Waals surface area contributed by atoms with E-state index in [1.807, 2.05) is 31.5 Å². The number of hydrogen-bond donors (Lipinski definition) is 0. The van der Waals surface area contributed by atoms with Crippen LogP contribution in [-0.4, -0.2) is 28.3 Å². The highest BCUT2D eigenvalue weighted by Gasteiger charge is 2.36. The Morgan fingerprint density at radius 3 is 1.29 bits per heavy atom. The number of aromatic nitrogens is 3. The normalized spacial score (nSPS) is 13.8. The second kappa shape index (κ2) is 17.3. The van der Waals surface area contributed by atoms with Gasteiger partial charge >= 0.3 is 0 Å². The van der Waals surface area contributed by atoms with E-state index in [4.69, 9.17) is 15.0 Å². The van der Waals surface area contributed by atoms with Crippen molar-refractivity contribution < 1.29 is 4.57 Å². The molecule has 10 aromatic rings. The first kappa shape index (κ1) is 41.4. The molecule has 0 bridgehead atoms. The van der Waals surface area contributed by atoms with Crippen LogP contribution in [0.15, 0.2) is 206 Å². The van der Waals surface area contributed by atoms with Crippen molar-refractivity contribution in [1.29, 1.82) is 0 Å². The zero-order valence-electron chi connectivity index (χ0n) is 37.4. The molecule has 0 aliphatic heterocycles. The number of rotatable bonds is 9. The van der Waals surface area contributed by atoms with E-state index in [2.05, 4.69) is 188 Å². The van der Waals surface area contributed by atoms with Gasteiger partial charge in [0.15, 0.2) is 17.5 Å². The van der Waals surface area contributed by atoms with E-state index in [1.165, 1.54) is 47.1 Å². The standard InChI is InChI=1S/C61H50N3OP/c1-66(2,65)51-22-16-21-48(41-51)44-31-35-49(36-32-44)61(39-14-5-15-40-61)50-37-33-47(34-38-50)59-62-58(46-29-27-43(28-30-46)42-17-6-3-7-18-42)63-60(64-59)57-54-25-12-10-23-52(54)56(45-19-8-4-9-20-45)53-24-11-13-26-55(53)57/h3-4,6-13,16-38,41H,5,14-15,39-40H2,1-2H3. The van der Waals surface area contributed by atoms with Crippen molar-refractivity contribution in [3.05, 3.63) is 217 Å². The van der Waals surface area contributed by atoms with Crippen molar-refractivity contribution in [2.75, 3.05) is 13.3 Å². The number of benzene rings is 9. The molecule has 11 rings (SSSR count). The maximum absolute atomic E-state index is 12.9. The van der Waals surface area contributed by atoms with E-state index in [9.17, 15) is 4.57 Å². The molecule has 320 valence electrons. The van der Waals surface area contributed by atoms with Gasteiger partial charge < -0.3 is 4.57 Å². The van der Waals surface area contributed by atoms with Crippen LogP contribution >= 0.6 is 7.14 Å². The largest absolute Gasteiger partial charge is 0.319 e. The van der Waals surface area contributed by atoms with Crippen molar-refractivity contribution in [3.8, 4) is 67.5 Å². The van der Waals surface area contributed by atoms with Crippen molar-refractivity contribution in [2.45, 2.75) is 37.5 Å². The van der Waals surface area contributed by atoms with E-state index in [0.717, 1.165) is 73.1 Å². The fraction of sp³-hybridized carbons (Fsp3) is 0.131. The summed E-state index contributed by atoms with van der Waals surface area (Å²) in [4.78, 5) is 16.0. The molecule has 1 aliphatic rings. The van der Waals surface area contributed by atoms with Crippen LogP contribution in [0.5, 0.6) is 0 Å². The van der Waals surface area contributed by atoms with E-state index >= 15 is 0 Å². The Labute approximate surface area is 387 Å². The molecule has 1 fully saturated rings. The van der Waals surface area contributed by atoms with Crippen LogP contribution in [0.25, 0.3) is 89.1 Å². The Morgan fingerprint density at radius 2 is 0.758 bits per heavy atom. The molecule has 5 heteroatoms. The minimum atomic E-state index is -2.37. The molecule has 1 aromatic heterocycles. The van der Waals surface area contributed by atoms with Crippen LogP contribution < -0.4 is 5.30 Å². The summed E-state index contributed by atoms with van der Waals surface area (Å²) in [6, 6.07) is 73.5. The van der Waals surface area contributed by atoms with Gasteiger partial charge in [0, 0.05) is 27.4 Å². The van der Waals surface area contributed by atoms with Gasteiger partial charge in [0.25, 0.3) is 0 Å². The van der Waals surface area contributed by atoms with Crippen LogP contribution in [0.2, 0.25) is 0 Å². The van der Waals surface area contributed by atoms with E-state index < -0.39 is 7.14 Å². The predicted octanol–water partition coefficient (Wildman–Crippen LogP) is 15.7. The third kappa shape index (κ3) is 7.76. The van der Waals surface area contributed by atoms with Gasteiger partial charge in [-0.2, -0.15) is 0 Å². The second-order valence-corrected chi connectivity index (χ2v) is 21.4. The minimum absolute atomic E-state index is 0.103. The number of nitrogens with zero attached hydrogens (tertiary/aromatic N) is 3. The van der Waals surface area contributed by atoms with Crippen LogP contribution in [0, 0.1) is 0 Å². The lowest BCUT2D eigenvalue weighted by atomic mass is 9.65. The topological polar surface area (TPSA) is 55.7 Å². The molecule has 0 amide bonds. The lowest BCUT2D eigenvalue weighted by Gasteiger charge is -2.39. The minimum Gasteiger partial charge on any atom is -0.319 e. The molecule has 0 saturated heterocycles. The van der Waals surface area contributed by atoms with Crippen LogP contribution in [-0.2, 0) is 9.98 Å². The molecule has 4 nitrogen and oxygen atoms in total. The van der Waals surface area contributed by atoms with Crippen LogP contribution in [0.4, 0.5) is 0 Å². The zero-order chi connectivity index (χ0) is 44.7. The third-order valence-electron chi connectivity index (χ3n) is 13.7. The van der Waals surface area contributed by atoms with Gasteiger partial charge in [0.1, 0.15) is 7.14 Å². The predicted molar refractivity (Wildman–Crippen MR) is 277 cm³/mol. The van der Waals surface area contributed by atoms with Gasteiger partial charge in [-0.1, -0.05) is 219 Å². The first-order valence-corrected chi connectivity index (χ1v) is 25.7. The van der Waals surface area contributed by atoms with Gasteiger partial charge in [-0.25, -0.2) is 15.0 Å². The van der Waals surface area contributed by atoms with Gasteiger partial charge in [-0.15, -0.1) is 0 Å². The Morgan fingerprint density at radius 1 is 0.364 bits per heavy atom. The Bertz CT molecular complexity index is 3350.